The fraction of sp³-hybridized carbons (Fsp3) is 0.381. The van der Waals surface area contributed by atoms with E-state index in [1.165, 1.54) is 5.69 Å². The lowest BCUT2D eigenvalue weighted by molar-refractivity contribution is -0.126. The molecule has 1 amide bonds. The summed E-state index contributed by atoms with van der Waals surface area (Å²) in [6, 6.07) is 19.9. The number of para-hydroxylation sites is 1. The number of amides is 1. The molecule has 0 unspecified atom stereocenters. The van der Waals surface area contributed by atoms with Crippen molar-refractivity contribution in [1.82, 2.24) is 5.32 Å². The largest absolute Gasteiger partial charge is 0.385 e. The van der Waals surface area contributed by atoms with Crippen LogP contribution < -0.4 is 10.2 Å². The maximum atomic E-state index is 12.4. The monoisotopic (exact) mass is 338 g/mol. The van der Waals surface area contributed by atoms with Gasteiger partial charge in [0.1, 0.15) is 0 Å². The summed E-state index contributed by atoms with van der Waals surface area (Å²) in [6.07, 6.45) is 1.93. The summed E-state index contributed by atoms with van der Waals surface area (Å²) in [5, 5.41) is 13.7. The summed E-state index contributed by atoms with van der Waals surface area (Å²) >= 11 is 0. The van der Waals surface area contributed by atoms with E-state index in [-0.39, 0.29) is 18.4 Å². The second-order valence-electron chi connectivity index (χ2n) is 6.98. The Morgan fingerprint density at radius 1 is 1.08 bits per heavy atom. The zero-order chi connectivity index (χ0) is 17.7. The summed E-state index contributed by atoms with van der Waals surface area (Å²) in [4.78, 5) is 14.7. The van der Waals surface area contributed by atoms with E-state index in [9.17, 15) is 9.90 Å². The number of anilines is 1. The second-order valence-corrected chi connectivity index (χ2v) is 6.98. The average Bonchev–Trinajstić information content (AvgIpc) is 2.63. The molecule has 0 spiro atoms. The fourth-order valence-corrected chi connectivity index (χ4v) is 3.41. The molecule has 0 aliphatic carbocycles. The third kappa shape index (κ3) is 4.60. The molecule has 0 aromatic heterocycles. The molecule has 0 bridgehead atoms. The standard InChI is InChI=1S/C21H26N2O2/c1-21(25,17-8-4-2-5-9-17)16-20(24)22-18-12-14-23(15-13-18)19-10-6-3-7-11-19/h2-11,18,25H,12-16H2,1H3,(H,22,24)/t21-/m1/s1. The van der Waals surface area contributed by atoms with Crippen molar-refractivity contribution in [2.24, 2.45) is 0 Å². The van der Waals surface area contributed by atoms with E-state index >= 15 is 0 Å². The Morgan fingerprint density at radius 3 is 2.24 bits per heavy atom. The minimum absolute atomic E-state index is 0.0793. The molecule has 3 rings (SSSR count). The van der Waals surface area contributed by atoms with Crippen LogP contribution in [0.3, 0.4) is 0 Å². The molecular weight excluding hydrogens is 312 g/mol. The van der Waals surface area contributed by atoms with Crippen LogP contribution in [0.1, 0.15) is 31.7 Å². The highest BCUT2D eigenvalue weighted by atomic mass is 16.3. The predicted molar refractivity (Wildman–Crippen MR) is 100 cm³/mol. The zero-order valence-corrected chi connectivity index (χ0v) is 14.7. The highest BCUT2D eigenvalue weighted by Gasteiger charge is 2.28. The number of piperidine rings is 1. The van der Waals surface area contributed by atoms with E-state index < -0.39 is 5.60 Å². The van der Waals surface area contributed by atoms with Crippen LogP contribution in [0.25, 0.3) is 0 Å². The number of benzene rings is 2. The Labute approximate surface area is 149 Å². The number of hydrogen-bond acceptors (Lipinski definition) is 3. The second kappa shape index (κ2) is 7.70. The van der Waals surface area contributed by atoms with Crippen LogP contribution in [-0.4, -0.2) is 30.1 Å². The van der Waals surface area contributed by atoms with Gasteiger partial charge in [-0.15, -0.1) is 0 Å². The van der Waals surface area contributed by atoms with Gasteiger partial charge >= 0.3 is 0 Å². The van der Waals surface area contributed by atoms with Crippen molar-refractivity contribution in [3.63, 3.8) is 0 Å². The van der Waals surface area contributed by atoms with Gasteiger partial charge in [-0.3, -0.25) is 4.79 Å². The van der Waals surface area contributed by atoms with Gasteiger partial charge < -0.3 is 15.3 Å². The molecule has 1 saturated heterocycles. The number of rotatable bonds is 5. The van der Waals surface area contributed by atoms with E-state index in [0.29, 0.717) is 0 Å². The van der Waals surface area contributed by atoms with E-state index in [4.69, 9.17) is 0 Å². The number of hydrogen-bond donors (Lipinski definition) is 2. The normalized spacial score (nSPS) is 17.8. The Kier molecular flexibility index (Phi) is 5.39. The van der Waals surface area contributed by atoms with Gasteiger partial charge in [0.25, 0.3) is 0 Å². The van der Waals surface area contributed by atoms with Crippen LogP contribution in [0.4, 0.5) is 5.69 Å². The van der Waals surface area contributed by atoms with Gasteiger partial charge in [0.15, 0.2) is 0 Å². The van der Waals surface area contributed by atoms with Crippen molar-refractivity contribution in [3.8, 4) is 0 Å². The van der Waals surface area contributed by atoms with Gasteiger partial charge in [0.2, 0.25) is 5.91 Å². The molecule has 4 heteroatoms. The lowest BCUT2D eigenvalue weighted by atomic mass is 9.92. The fourth-order valence-electron chi connectivity index (χ4n) is 3.41. The van der Waals surface area contributed by atoms with Crippen LogP contribution in [0, 0.1) is 0 Å². The third-order valence-corrected chi connectivity index (χ3v) is 4.88. The molecule has 1 heterocycles. The lowest BCUT2D eigenvalue weighted by Gasteiger charge is -2.34. The van der Waals surface area contributed by atoms with Crippen molar-refractivity contribution in [2.75, 3.05) is 18.0 Å². The zero-order valence-electron chi connectivity index (χ0n) is 14.7. The highest BCUT2D eigenvalue weighted by molar-refractivity contribution is 5.77. The lowest BCUT2D eigenvalue weighted by Crippen LogP contribution is -2.46. The smallest absolute Gasteiger partial charge is 0.223 e. The summed E-state index contributed by atoms with van der Waals surface area (Å²) in [5.74, 6) is -0.0907. The summed E-state index contributed by atoms with van der Waals surface area (Å²) in [5.41, 5.74) is 0.860. The number of nitrogens with one attached hydrogen (secondary N) is 1. The van der Waals surface area contributed by atoms with Crippen LogP contribution in [0.2, 0.25) is 0 Å². The van der Waals surface area contributed by atoms with Crippen LogP contribution in [0.5, 0.6) is 0 Å². The summed E-state index contributed by atoms with van der Waals surface area (Å²) in [7, 11) is 0. The molecule has 2 N–H and O–H groups in total. The first kappa shape index (κ1) is 17.5. The molecule has 0 saturated carbocycles. The van der Waals surface area contributed by atoms with Crippen molar-refractivity contribution < 1.29 is 9.90 Å². The van der Waals surface area contributed by atoms with Crippen LogP contribution in [0.15, 0.2) is 60.7 Å². The Morgan fingerprint density at radius 2 is 1.64 bits per heavy atom. The molecule has 4 nitrogen and oxygen atoms in total. The van der Waals surface area contributed by atoms with Crippen molar-refractivity contribution in [2.45, 2.75) is 37.8 Å². The molecule has 1 atom stereocenters. The molecule has 1 aliphatic rings. The molecule has 0 radical (unpaired) electrons. The van der Waals surface area contributed by atoms with E-state index in [2.05, 4.69) is 34.5 Å². The third-order valence-electron chi connectivity index (χ3n) is 4.88. The highest BCUT2D eigenvalue weighted by Crippen LogP contribution is 2.25. The topological polar surface area (TPSA) is 52.6 Å². The first-order valence-electron chi connectivity index (χ1n) is 8.92. The Hall–Kier alpha value is -2.33. The maximum Gasteiger partial charge on any atom is 0.223 e. The van der Waals surface area contributed by atoms with Gasteiger partial charge in [-0.25, -0.2) is 0 Å². The molecule has 2 aromatic carbocycles. The van der Waals surface area contributed by atoms with Crippen molar-refractivity contribution in [1.29, 1.82) is 0 Å². The minimum Gasteiger partial charge on any atom is -0.385 e. The molecule has 25 heavy (non-hydrogen) atoms. The van der Waals surface area contributed by atoms with E-state index in [1.807, 2.05) is 36.4 Å². The summed E-state index contributed by atoms with van der Waals surface area (Å²) < 4.78 is 0. The summed E-state index contributed by atoms with van der Waals surface area (Å²) in [6.45, 7) is 3.56. The quantitative estimate of drug-likeness (QED) is 0.881. The number of carbonyl (C=O) groups excluding carboxylic acids is 1. The SMILES string of the molecule is C[C@@](O)(CC(=O)NC1CCN(c2ccccc2)CC1)c1ccccc1. The van der Waals surface area contributed by atoms with Gasteiger partial charge in [-0.05, 0) is 37.5 Å². The predicted octanol–water partition coefficient (Wildman–Crippen LogP) is 3.07. The van der Waals surface area contributed by atoms with Crippen LogP contribution in [-0.2, 0) is 10.4 Å². The Balaban J connectivity index is 1.50. The first-order chi connectivity index (χ1) is 12.0. The van der Waals surface area contributed by atoms with E-state index in [0.717, 1.165) is 31.5 Å². The molecule has 1 aliphatic heterocycles. The van der Waals surface area contributed by atoms with Crippen molar-refractivity contribution in [3.05, 3.63) is 66.2 Å². The minimum atomic E-state index is -1.14. The van der Waals surface area contributed by atoms with Gasteiger partial charge in [-0.2, -0.15) is 0 Å². The maximum absolute atomic E-state index is 12.4. The number of carbonyl (C=O) groups is 1. The number of aliphatic hydroxyl groups is 1. The molecule has 132 valence electrons. The van der Waals surface area contributed by atoms with Gasteiger partial charge in [0, 0.05) is 24.8 Å². The van der Waals surface area contributed by atoms with Gasteiger partial charge in [-0.1, -0.05) is 48.5 Å². The van der Waals surface area contributed by atoms with Crippen molar-refractivity contribution >= 4 is 11.6 Å². The average molecular weight is 338 g/mol. The number of nitrogens with zero attached hydrogens (tertiary/aromatic N) is 1. The Bertz CT molecular complexity index is 678. The molecule has 1 fully saturated rings. The first-order valence-corrected chi connectivity index (χ1v) is 8.92. The molecular formula is C21H26N2O2. The van der Waals surface area contributed by atoms with Crippen LogP contribution >= 0.6 is 0 Å². The van der Waals surface area contributed by atoms with E-state index in [1.54, 1.807) is 6.92 Å². The van der Waals surface area contributed by atoms with Gasteiger partial charge in [0.05, 0.1) is 12.0 Å². The molecule has 2 aromatic rings.